The third-order valence-corrected chi connectivity index (χ3v) is 7.34. The highest BCUT2D eigenvalue weighted by Gasteiger charge is 2.61. The number of hydrogen-bond donors (Lipinski definition) is 1. The Labute approximate surface area is 191 Å². The van der Waals surface area contributed by atoms with Gasteiger partial charge in [-0.05, 0) is 48.9 Å². The van der Waals surface area contributed by atoms with Gasteiger partial charge in [-0.2, -0.15) is 13.2 Å². The van der Waals surface area contributed by atoms with Gasteiger partial charge in [0.25, 0.3) is 5.91 Å². The number of aromatic nitrogens is 2. The third-order valence-electron chi connectivity index (χ3n) is 7.34. The van der Waals surface area contributed by atoms with Crippen LogP contribution in [0.1, 0.15) is 52.0 Å². The van der Waals surface area contributed by atoms with Crippen LogP contribution in [0.4, 0.5) is 23.4 Å². The van der Waals surface area contributed by atoms with Crippen LogP contribution < -0.4 is 5.73 Å². The molecular formula is C24H20F4N4O2. The molecule has 0 radical (unpaired) electrons. The molecule has 1 aliphatic heterocycles. The molecule has 1 aromatic carbocycles. The van der Waals surface area contributed by atoms with Gasteiger partial charge < -0.3 is 15.4 Å². The summed E-state index contributed by atoms with van der Waals surface area (Å²) in [7, 11) is 0. The summed E-state index contributed by atoms with van der Waals surface area (Å²) in [6, 6.07) is 4.91. The number of fused-ring (bicyclic) bond motifs is 3. The van der Waals surface area contributed by atoms with Crippen LogP contribution in [0.5, 0.6) is 0 Å². The third kappa shape index (κ3) is 3.15. The SMILES string of the molecule is Nc1nc2cc(F)c(C(=O)N(Cc3ccc(C(F)(F)F)cn3)C34CC(C3)C4)cc2c2c1COC2. The Hall–Kier alpha value is -3.27. The van der Waals surface area contributed by atoms with Crippen molar-refractivity contribution in [2.75, 3.05) is 5.73 Å². The van der Waals surface area contributed by atoms with Gasteiger partial charge in [-0.15, -0.1) is 0 Å². The second-order valence-electron chi connectivity index (χ2n) is 9.43. The highest BCUT2D eigenvalue weighted by atomic mass is 19.4. The topological polar surface area (TPSA) is 81.3 Å². The zero-order valence-electron chi connectivity index (χ0n) is 18.0. The Morgan fingerprint density at radius 3 is 2.53 bits per heavy atom. The Kier molecular flexibility index (Phi) is 4.45. The molecule has 3 fully saturated rings. The van der Waals surface area contributed by atoms with Crippen molar-refractivity contribution in [1.29, 1.82) is 0 Å². The maximum atomic E-state index is 15.2. The second-order valence-corrected chi connectivity index (χ2v) is 9.43. The first kappa shape index (κ1) is 21.3. The van der Waals surface area contributed by atoms with Crippen LogP contribution >= 0.6 is 0 Å². The van der Waals surface area contributed by atoms with Crippen LogP contribution in [0.2, 0.25) is 0 Å². The first-order chi connectivity index (χ1) is 16.1. The van der Waals surface area contributed by atoms with Crippen LogP contribution in [0.15, 0.2) is 30.5 Å². The van der Waals surface area contributed by atoms with Crippen molar-refractivity contribution >= 4 is 22.6 Å². The number of nitrogen functional groups attached to an aromatic ring is 1. The van der Waals surface area contributed by atoms with Crippen LogP contribution in [0.3, 0.4) is 0 Å². The standard InChI is InChI=1S/C24H20F4N4O2/c25-19-4-20-15(17-10-34-11-18(17)21(29)31-20)3-16(19)22(33)32(23-5-12(6-23)7-23)9-14-2-1-13(8-30-14)24(26,27)28/h1-4,8,12H,5-7,9-11H2,(H2,29,31). The number of ether oxygens (including phenoxy) is 1. The number of nitrogens with two attached hydrogens (primary N) is 1. The monoisotopic (exact) mass is 472 g/mol. The summed E-state index contributed by atoms with van der Waals surface area (Å²) in [5.74, 6) is -0.420. The lowest BCUT2D eigenvalue weighted by Crippen LogP contribution is -2.69. The Morgan fingerprint density at radius 1 is 1.18 bits per heavy atom. The number of halogens is 4. The molecule has 10 heteroatoms. The second kappa shape index (κ2) is 7.11. The average molecular weight is 472 g/mol. The van der Waals surface area contributed by atoms with Gasteiger partial charge in [-0.1, -0.05) is 0 Å². The Bertz CT molecular complexity index is 1320. The molecule has 2 N–H and O–H groups in total. The zero-order chi connectivity index (χ0) is 23.8. The lowest BCUT2D eigenvalue weighted by Gasteiger charge is -2.66. The number of anilines is 1. The highest BCUT2D eigenvalue weighted by molar-refractivity contribution is 6.00. The first-order valence-corrected chi connectivity index (χ1v) is 11.0. The molecule has 3 saturated carbocycles. The first-order valence-electron chi connectivity index (χ1n) is 11.0. The van der Waals surface area contributed by atoms with Gasteiger partial charge in [-0.3, -0.25) is 9.78 Å². The van der Waals surface area contributed by atoms with Crippen molar-refractivity contribution in [2.45, 2.75) is 50.7 Å². The van der Waals surface area contributed by atoms with E-state index in [-0.39, 0.29) is 17.9 Å². The van der Waals surface area contributed by atoms with E-state index in [1.54, 1.807) is 4.90 Å². The van der Waals surface area contributed by atoms with E-state index in [1.165, 1.54) is 18.2 Å². The van der Waals surface area contributed by atoms with Gasteiger partial charge in [-0.25, -0.2) is 9.37 Å². The van der Waals surface area contributed by atoms with Gasteiger partial charge in [0.1, 0.15) is 11.6 Å². The van der Waals surface area contributed by atoms with Gasteiger partial charge in [0.05, 0.1) is 42.1 Å². The number of amides is 1. The molecule has 176 valence electrons. The number of hydrogen-bond acceptors (Lipinski definition) is 5. The molecule has 34 heavy (non-hydrogen) atoms. The molecule has 2 bridgehead atoms. The van der Waals surface area contributed by atoms with E-state index < -0.39 is 29.0 Å². The lowest BCUT2D eigenvalue weighted by atomic mass is 9.49. The maximum absolute atomic E-state index is 15.2. The van der Waals surface area contributed by atoms with Crippen molar-refractivity contribution in [3.8, 4) is 0 Å². The molecule has 3 aliphatic carbocycles. The van der Waals surface area contributed by atoms with Gasteiger partial charge in [0, 0.05) is 28.8 Å². The predicted octanol–water partition coefficient (Wildman–Crippen LogP) is 4.60. The van der Waals surface area contributed by atoms with Crippen molar-refractivity contribution in [1.82, 2.24) is 14.9 Å². The van der Waals surface area contributed by atoms with E-state index in [0.717, 1.165) is 42.7 Å². The maximum Gasteiger partial charge on any atom is 0.417 e. The van der Waals surface area contributed by atoms with Crippen molar-refractivity contribution in [3.05, 3.63) is 64.2 Å². The number of alkyl halides is 3. The number of pyridine rings is 2. The summed E-state index contributed by atoms with van der Waals surface area (Å²) in [4.78, 5) is 23.4. The molecule has 0 spiro atoms. The van der Waals surface area contributed by atoms with Crippen LogP contribution in [0.25, 0.3) is 10.9 Å². The van der Waals surface area contributed by atoms with E-state index in [9.17, 15) is 18.0 Å². The molecular weight excluding hydrogens is 452 g/mol. The van der Waals surface area contributed by atoms with Gasteiger partial charge in [0.15, 0.2) is 0 Å². The fourth-order valence-electron chi connectivity index (χ4n) is 5.37. The quantitative estimate of drug-likeness (QED) is 0.562. The molecule has 0 saturated heterocycles. The number of carbonyl (C=O) groups excluding carboxylic acids is 1. The molecule has 2 aromatic heterocycles. The summed E-state index contributed by atoms with van der Waals surface area (Å²) >= 11 is 0. The minimum absolute atomic E-state index is 0.00235. The molecule has 0 unspecified atom stereocenters. The summed E-state index contributed by atoms with van der Waals surface area (Å²) in [6.45, 7) is 0.603. The van der Waals surface area contributed by atoms with Crippen molar-refractivity contribution in [2.24, 2.45) is 5.92 Å². The van der Waals surface area contributed by atoms with Crippen LogP contribution in [-0.2, 0) is 30.7 Å². The molecule has 6 nitrogen and oxygen atoms in total. The molecule has 0 atom stereocenters. The van der Waals surface area contributed by atoms with Crippen molar-refractivity contribution < 1.29 is 27.1 Å². The molecule has 7 rings (SSSR count). The van der Waals surface area contributed by atoms with Gasteiger partial charge in [0.2, 0.25) is 0 Å². The van der Waals surface area contributed by atoms with E-state index in [2.05, 4.69) is 9.97 Å². The van der Waals surface area contributed by atoms with E-state index in [0.29, 0.717) is 35.7 Å². The summed E-state index contributed by atoms with van der Waals surface area (Å²) in [5, 5.41) is 0.608. The van der Waals surface area contributed by atoms with Crippen LogP contribution in [0, 0.1) is 11.7 Å². The molecule has 1 amide bonds. The number of carbonyl (C=O) groups is 1. The Morgan fingerprint density at radius 2 is 1.91 bits per heavy atom. The van der Waals surface area contributed by atoms with E-state index >= 15 is 4.39 Å². The minimum Gasteiger partial charge on any atom is -0.383 e. The highest BCUT2D eigenvalue weighted by Crippen LogP contribution is 2.61. The number of nitrogens with zero attached hydrogens (tertiary/aromatic N) is 3. The van der Waals surface area contributed by atoms with E-state index in [1.807, 2.05) is 0 Å². The van der Waals surface area contributed by atoms with Gasteiger partial charge >= 0.3 is 6.18 Å². The van der Waals surface area contributed by atoms with Crippen molar-refractivity contribution in [3.63, 3.8) is 0 Å². The summed E-state index contributed by atoms with van der Waals surface area (Å²) in [5.41, 5.74) is 6.80. The zero-order valence-corrected chi connectivity index (χ0v) is 18.0. The lowest BCUT2D eigenvalue weighted by molar-refractivity contribution is -0.138. The summed E-state index contributed by atoms with van der Waals surface area (Å²) < 4.78 is 59.4. The fourth-order valence-corrected chi connectivity index (χ4v) is 5.37. The molecule has 3 heterocycles. The number of benzene rings is 1. The molecule has 4 aliphatic rings. The average Bonchev–Trinajstić information content (AvgIpc) is 3.21. The Balaban J connectivity index is 1.38. The number of rotatable bonds is 4. The van der Waals surface area contributed by atoms with E-state index in [4.69, 9.17) is 10.5 Å². The summed E-state index contributed by atoms with van der Waals surface area (Å²) in [6.07, 6.45) is -1.33. The normalized spacial score (nSPS) is 22.8. The fraction of sp³-hybridized carbons (Fsp3) is 0.375. The minimum atomic E-state index is -4.50. The van der Waals surface area contributed by atoms with Crippen LogP contribution in [-0.4, -0.2) is 26.3 Å². The molecule has 3 aromatic rings. The smallest absolute Gasteiger partial charge is 0.383 e. The largest absolute Gasteiger partial charge is 0.417 e. The predicted molar refractivity (Wildman–Crippen MR) is 114 cm³/mol.